The van der Waals surface area contributed by atoms with Crippen LogP contribution >= 0.6 is 11.3 Å². The molecule has 2 N–H and O–H groups in total. The third-order valence-corrected chi connectivity index (χ3v) is 4.56. The van der Waals surface area contributed by atoms with Crippen molar-refractivity contribution < 1.29 is 14.7 Å². The first-order chi connectivity index (χ1) is 9.61. The van der Waals surface area contributed by atoms with Crippen LogP contribution in [0.1, 0.15) is 30.2 Å². The summed E-state index contributed by atoms with van der Waals surface area (Å²) in [6.45, 7) is 3.39. The van der Waals surface area contributed by atoms with Gasteiger partial charge in [-0.2, -0.15) is 0 Å². The van der Waals surface area contributed by atoms with Crippen molar-refractivity contribution in [2.75, 3.05) is 13.1 Å². The molecule has 20 heavy (non-hydrogen) atoms. The highest BCUT2D eigenvalue weighted by molar-refractivity contribution is 7.10. The summed E-state index contributed by atoms with van der Waals surface area (Å²) in [5.41, 5.74) is 1.22. The van der Waals surface area contributed by atoms with E-state index in [-0.39, 0.29) is 12.5 Å². The molecule has 1 aliphatic heterocycles. The Morgan fingerprint density at radius 1 is 1.55 bits per heavy atom. The van der Waals surface area contributed by atoms with Crippen molar-refractivity contribution in [1.29, 1.82) is 0 Å². The van der Waals surface area contributed by atoms with Gasteiger partial charge in [-0.3, -0.25) is 14.9 Å². The molecule has 0 aliphatic carbocycles. The number of nitrogens with zero attached hydrogens (tertiary/aromatic N) is 1. The van der Waals surface area contributed by atoms with E-state index in [0.29, 0.717) is 13.0 Å². The summed E-state index contributed by atoms with van der Waals surface area (Å²) in [6.07, 6.45) is 2.22. The topological polar surface area (TPSA) is 69.6 Å². The van der Waals surface area contributed by atoms with Gasteiger partial charge in [-0.15, -0.1) is 11.3 Å². The Morgan fingerprint density at radius 3 is 3.05 bits per heavy atom. The Hall–Kier alpha value is -1.40. The van der Waals surface area contributed by atoms with E-state index in [1.807, 2.05) is 6.92 Å². The minimum atomic E-state index is -0.890. The van der Waals surface area contributed by atoms with Crippen molar-refractivity contribution >= 4 is 23.2 Å². The second kappa shape index (κ2) is 6.85. The van der Waals surface area contributed by atoms with Crippen molar-refractivity contribution in [3.63, 3.8) is 0 Å². The number of aliphatic carboxylic acids is 1. The van der Waals surface area contributed by atoms with Crippen LogP contribution < -0.4 is 5.32 Å². The maximum atomic E-state index is 12.1. The number of carboxylic acids is 1. The van der Waals surface area contributed by atoms with Crippen LogP contribution in [0, 0.1) is 0 Å². The van der Waals surface area contributed by atoms with Crippen molar-refractivity contribution in [1.82, 2.24) is 10.2 Å². The fourth-order valence-electron chi connectivity index (χ4n) is 2.39. The predicted octanol–water partition coefficient (Wildman–Crippen LogP) is 1.48. The summed E-state index contributed by atoms with van der Waals surface area (Å²) in [5, 5.41) is 13.9. The van der Waals surface area contributed by atoms with E-state index in [1.54, 1.807) is 16.2 Å². The first-order valence-corrected chi connectivity index (χ1v) is 7.79. The Balaban J connectivity index is 1.85. The molecule has 0 unspecified atom stereocenters. The first-order valence-electron chi connectivity index (χ1n) is 6.91. The van der Waals surface area contributed by atoms with Crippen molar-refractivity contribution in [3.05, 3.63) is 21.9 Å². The normalized spacial score (nSPS) is 15.8. The molecule has 0 saturated heterocycles. The molecule has 0 bridgehead atoms. The molecule has 1 aromatic heterocycles. The monoisotopic (exact) mass is 296 g/mol. The van der Waals surface area contributed by atoms with Gasteiger partial charge in [0.25, 0.3) is 0 Å². The number of hydrogen-bond acceptors (Lipinski definition) is 4. The average Bonchev–Trinajstić information content (AvgIpc) is 2.89. The predicted molar refractivity (Wildman–Crippen MR) is 77.8 cm³/mol. The largest absolute Gasteiger partial charge is 0.480 e. The number of fused-ring (bicyclic) bond motifs is 1. The number of thiophene rings is 1. The van der Waals surface area contributed by atoms with Crippen LogP contribution in [0.5, 0.6) is 0 Å². The maximum Gasteiger partial charge on any atom is 0.320 e. The van der Waals surface area contributed by atoms with Gasteiger partial charge in [-0.25, -0.2) is 0 Å². The number of carboxylic acid groups (broad SMARTS) is 1. The van der Waals surface area contributed by atoms with Crippen molar-refractivity contribution in [2.45, 2.75) is 38.8 Å². The summed E-state index contributed by atoms with van der Waals surface area (Å²) in [5.74, 6) is -0.914. The van der Waals surface area contributed by atoms with E-state index in [1.165, 1.54) is 10.4 Å². The zero-order valence-electron chi connectivity index (χ0n) is 11.6. The number of carbonyl (C=O) groups excluding carboxylic acids is 1. The maximum absolute atomic E-state index is 12.1. The summed E-state index contributed by atoms with van der Waals surface area (Å²) in [4.78, 5) is 26.3. The van der Waals surface area contributed by atoms with E-state index in [2.05, 4.69) is 16.8 Å². The SMILES string of the molecule is CCC[C@@H](NCC(=O)N1CCc2sccc2C1)C(=O)O. The fraction of sp³-hybridized carbons (Fsp3) is 0.571. The highest BCUT2D eigenvalue weighted by atomic mass is 32.1. The number of hydrogen-bond donors (Lipinski definition) is 2. The Labute approximate surface area is 122 Å². The number of amides is 1. The van der Waals surface area contributed by atoms with Gasteiger partial charge in [0.15, 0.2) is 0 Å². The zero-order valence-corrected chi connectivity index (χ0v) is 12.4. The molecule has 1 amide bonds. The molecule has 1 aromatic rings. The lowest BCUT2D eigenvalue weighted by molar-refractivity contribution is -0.140. The molecule has 0 aromatic carbocycles. The van der Waals surface area contributed by atoms with Crippen molar-refractivity contribution in [2.24, 2.45) is 0 Å². The fourth-order valence-corrected chi connectivity index (χ4v) is 3.27. The third-order valence-electron chi connectivity index (χ3n) is 3.54. The van der Waals surface area contributed by atoms with E-state index in [9.17, 15) is 9.59 Å². The lowest BCUT2D eigenvalue weighted by atomic mass is 10.1. The van der Waals surface area contributed by atoms with Gasteiger partial charge < -0.3 is 10.0 Å². The summed E-state index contributed by atoms with van der Waals surface area (Å²) in [7, 11) is 0. The summed E-state index contributed by atoms with van der Waals surface area (Å²) in [6, 6.07) is 1.43. The molecule has 110 valence electrons. The Bertz CT molecular complexity index is 487. The van der Waals surface area contributed by atoms with Gasteiger partial charge in [0, 0.05) is 18.0 Å². The molecule has 0 saturated carbocycles. The van der Waals surface area contributed by atoms with Crippen LogP contribution in [-0.2, 0) is 22.6 Å². The smallest absolute Gasteiger partial charge is 0.320 e. The highest BCUT2D eigenvalue weighted by Gasteiger charge is 2.23. The molecule has 2 rings (SSSR count). The van der Waals surface area contributed by atoms with E-state index < -0.39 is 12.0 Å². The standard InChI is InChI=1S/C14H20N2O3S/c1-2-3-11(14(18)19)15-8-13(17)16-6-4-12-10(9-16)5-7-20-12/h5,7,11,15H,2-4,6,8-9H2,1H3,(H,18,19)/t11-/m1/s1. The third kappa shape index (κ3) is 3.58. The minimum absolute atomic E-state index is 0.0239. The molecule has 1 atom stereocenters. The number of nitrogens with one attached hydrogen (secondary N) is 1. The molecule has 6 heteroatoms. The zero-order chi connectivity index (χ0) is 14.5. The Morgan fingerprint density at radius 2 is 2.35 bits per heavy atom. The highest BCUT2D eigenvalue weighted by Crippen LogP contribution is 2.23. The van der Waals surface area contributed by atoms with Gasteiger partial charge in [0.1, 0.15) is 6.04 Å². The van der Waals surface area contributed by atoms with Crippen LogP contribution in [0.15, 0.2) is 11.4 Å². The molecule has 2 heterocycles. The number of carbonyl (C=O) groups is 2. The lowest BCUT2D eigenvalue weighted by Crippen LogP contribution is -2.45. The van der Waals surface area contributed by atoms with Crippen LogP contribution in [0.4, 0.5) is 0 Å². The molecule has 0 spiro atoms. The van der Waals surface area contributed by atoms with Gasteiger partial charge in [-0.05, 0) is 29.9 Å². The second-order valence-electron chi connectivity index (χ2n) is 4.99. The summed E-state index contributed by atoms with van der Waals surface area (Å²) >= 11 is 1.74. The second-order valence-corrected chi connectivity index (χ2v) is 6.00. The Kier molecular flexibility index (Phi) is 5.14. The van der Waals surface area contributed by atoms with Gasteiger partial charge in [0.05, 0.1) is 6.54 Å². The van der Waals surface area contributed by atoms with Crippen LogP contribution in [0.25, 0.3) is 0 Å². The van der Waals surface area contributed by atoms with Crippen molar-refractivity contribution in [3.8, 4) is 0 Å². The van der Waals surface area contributed by atoms with Crippen LogP contribution in [0.2, 0.25) is 0 Å². The number of rotatable bonds is 6. The van der Waals surface area contributed by atoms with E-state index >= 15 is 0 Å². The molecule has 5 nitrogen and oxygen atoms in total. The first kappa shape index (κ1) is 15.0. The summed E-state index contributed by atoms with van der Waals surface area (Å²) < 4.78 is 0. The quantitative estimate of drug-likeness (QED) is 0.834. The minimum Gasteiger partial charge on any atom is -0.480 e. The van der Waals surface area contributed by atoms with Crippen LogP contribution in [0.3, 0.4) is 0 Å². The van der Waals surface area contributed by atoms with Gasteiger partial charge >= 0.3 is 5.97 Å². The van der Waals surface area contributed by atoms with E-state index in [4.69, 9.17) is 5.11 Å². The molecular formula is C14H20N2O3S. The van der Waals surface area contributed by atoms with Gasteiger partial charge in [-0.1, -0.05) is 13.3 Å². The lowest BCUT2D eigenvalue weighted by Gasteiger charge is -2.27. The molecule has 0 radical (unpaired) electrons. The average molecular weight is 296 g/mol. The van der Waals surface area contributed by atoms with Crippen LogP contribution in [-0.4, -0.2) is 41.0 Å². The van der Waals surface area contributed by atoms with Gasteiger partial charge in [0.2, 0.25) is 5.91 Å². The molecular weight excluding hydrogens is 276 g/mol. The molecule has 1 aliphatic rings. The molecule has 0 fully saturated rings. The van der Waals surface area contributed by atoms with E-state index in [0.717, 1.165) is 19.4 Å².